The third kappa shape index (κ3) is 1.40. The fourth-order valence-electron chi connectivity index (χ4n) is 1.06. The molecule has 1 N–H and O–H groups in total. The summed E-state index contributed by atoms with van der Waals surface area (Å²) < 4.78 is 0. The van der Waals surface area contributed by atoms with E-state index in [0.29, 0.717) is 0 Å². The molecule has 11 heavy (non-hydrogen) atoms. The van der Waals surface area contributed by atoms with Crippen molar-refractivity contribution >= 4 is 12.0 Å². The Kier molecular flexibility index (Phi) is 2.26. The maximum atomic E-state index is 10.6. The van der Waals surface area contributed by atoms with Crippen LogP contribution in [-0.4, -0.2) is 13.3 Å². The van der Waals surface area contributed by atoms with Crippen molar-refractivity contribution in [3.63, 3.8) is 0 Å². The summed E-state index contributed by atoms with van der Waals surface area (Å²) in [7, 11) is 1.81. The molecule has 0 amide bonds. The lowest BCUT2D eigenvalue weighted by atomic mass is 10.1. The minimum Gasteiger partial charge on any atom is -0.388 e. The normalized spacial score (nSPS) is 9.27. The smallest absolute Gasteiger partial charge is 0.152 e. The zero-order valence-corrected chi connectivity index (χ0v) is 6.72. The molecule has 1 aromatic rings. The van der Waals surface area contributed by atoms with Crippen molar-refractivity contribution in [2.45, 2.75) is 6.92 Å². The third-order valence-electron chi connectivity index (χ3n) is 1.71. The minimum atomic E-state index is 0.745. The van der Waals surface area contributed by atoms with Crippen molar-refractivity contribution in [2.24, 2.45) is 0 Å². The molecule has 0 spiro atoms. The fourth-order valence-corrected chi connectivity index (χ4v) is 1.06. The first-order chi connectivity index (χ1) is 5.29. The van der Waals surface area contributed by atoms with Gasteiger partial charge in [0.05, 0.1) is 0 Å². The monoisotopic (exact) mass is 149 g/mol. The predicted molar refractivity (Wildman–Crippen MR) is 46.1 cm³/mol. The van der Waals surface area contributed by atoms with Crippen molar-refractivity contribution in [3.8, 4) is 0 Å². The predicted octanol–water partition coefficient (Wildman–Crippen LogP) is 1.85. The van der Waals surface area contributed by atoms with Gasteiger partial charge in [-0.25, -0.2) is 0 Å². The van der Waals surface area contributed by atoms with E-state index in [9.17, 15) is 4.79 Å². The highest BCUT2D eigenvalue weighted by atomic mass is 16.1. The second-order valence-electron chi connectivity index (χ2n) is 2.40. The van der Waals surface area contributed by atoms with Crippen LogP contribution in [0.1, 0.15) is 15.9 Å². The van der Waals surface area contributed by atoms with Crippen LogP contribution < -0.4 is 5.32 Å². The van der Waals surface area contributed by atoms with Gasteiger partial charge in [-0.1, -0.05) is 12.1 Å². The highest BCUT2D eigenvalue weighted by Gasteiger charge is 2.00. The van der Waals surface area contributed by atoms with E-state index in [1.54, 1.807) is 0 Å². The average molecular weight is 149 g/mol. The molecule has 0 aliphatic heterocycles. The first-order valence-electron chi connectivity index (χ1n) is 3.52. The highest BCUT2D eigenvalue weighted by Crippen LogP contribution is 2.15. The van der Waals surface area contributed by atoms with E-state index >= 15 is 0 Å². The van der Waals surface area contributed by atoms with Crippen LogP contribution in [0.3, 0.4) is 0 Å². The molecular formula is C9H11NO. The summed E-state index contributed by atoms with van der Waals surface area (Å²) in [5.74, 6) is 0. The Labute approximate surface area is 66.2 Å². The number of aldehydes is 1. The molecule has 1 rings (SSSR count). The van der Waals surface area contributed by atoms with Crippen LogP contribution in [0.25, 0.3) is 0 Å². The van der Waals surface area contributed by atoms with Gasteiger partial charge >= 0.3 is 0 Å². The molecule has 0 heterocycles. The Morgan fingerprint density at radius 1 is 1.45 bits per heavy atom. The number of hydrogen-bond donors (Lipinski definition) is 1. The van der Waals surface area contributed by atoms with Gasteiger partial charge in [-0.05, 0) is 18.6 Å². The Hall–Kier alpha value is -1.31. The van der Waals surface area contributed by atoms with Crippen LogP contribution in [0.5, 0.6) is 0 Å². The fraction of sp³-hybridized carbons (Fsp3) is 0.222. The number of nitrogens with one attached hydrogen (secondary N) is 1. The van der Waals surface area contributed by atoms with Gasteiger partial charge in [0.15, 0.2) is 6.29 Å². The summed E-state index contributed by atoms with van der Waals surface area (Å²) in [6.07, 6.45) is 0.876. The van der Waals surface area contributed by atoms with Crippen LogP contribution in [0, 0.1) is 6.92 Å². The Morgan fingerprint density at radius 2 is 2.18 bits per heavy atom. The van der Waals surface area contributed by atoms with Gasteiger partial charge in [0.25, 0.3) is 0 Å². The van der Waals surface area contributed by atoms with Crippen LogP contribution in [0.15, 0.2) is 18.2 Å². The number of carbonyl (C=O) groups excluding carboxylic acids is 1. The second-order valence-corrected chi connectivity index (χ2v) is 2.40. The van der Waals surface area contributed by atoms with Crippen molar-refractivity contribution in [3.05, 3.63) is 29.3 Å². The molecule has 0 aliphatic carbocycles. The standard InChI is InChI=1S/C9H11NO/c1-7-4-3-5-9(10-2)8(7)6-11/h3-6,10H,1-2H3. The SMILES string of the molecule is CNc1cccc(C)c1C=O. The van der Waals surface area contributed by atoms with Gasteiger partial charge in [-0.15, -0.1) is 0 Å². The van der Waals surface area contributed by atoms with Gasteiger partial charge in [-0.3, -0.25) is 4.79 Å². The molecule has 2 heteroatoms. The molecule has 0 aliphatic rings. The molecule has 2 nitrogen and oxygen atoms in total. The number of hydrogen-bond acceptors (Lipinski definition) is 2. The molecule has 0 radical (unpaired) electrons. The van der Waals surface area contributed by atoms with E-state index in [2.05, 4.69) is 5.32 Å². The molecule has 0 aromatic heterocycles. The molecule has 0 fully saturated rings. The first-order valence-corrected chi connectivity index (χ1v) is 3.52. The van der Waals surface area contributed by atoms with Gasteiger partial charge < -0.3 is 5.32 Å². The van der Waals surface area contributed by atoms with E-state index in [4.69, 9.17) is 0 Å². The van der Waals surface area contributed by atoms with Gasteiger partial charge in [-0.2, -0.15) is 0 Å². The van der Waals surface area contributed by atoms with E-state index in [0.717, 1.165) is 23.1 Å². The van der Waals surface area contributed by atoms with Gasteiger partial charge in [0, 0.05) is 18.3 Å². The Bertz CT molecular complexity index is 268. The molecule has 0 bridgehead atoms. The maximum Gasteiger partial charge on any atom is 0.152 e. The summed E-state index contributed by atoms with van der Waals surface area (Å²) in [4.78, 5) is 10.6. The lowest BCUT2D eigenvalue weighted by Gasteiger charge is -2.04. The number of carbonyl (C=O) groups is 1. The van der Waals surface area contributed by atoms with Gasteiger partial charge in [0.2, 0.25) is 0 Å². The van der Waals surface area contributed by atoms with Crippen LogP contribution in [0.2, 0.25) is 0 Å². The minimum absolute atomic E-state index is 0.745. The molecule has 0 unspecified atom stereocenters. The zero-order chi connectivity index (χ0) is 8.27. The summed E-state index contributed by atoms with van der Waals surface area (Å²) in [5, 5.41) is 2.96. The van der Waals surface area contributed by atoms with E-state index in [1.165, 1.54) is 0 Å². The van der Waals surface area contributed by atoms with E-state index in [-0.39, 0.29) is 0 Å². The van der Waals surface area contributed by atoms with Crippen molar-refractivity contribution in [1.82, 2.24) is 0 Å². The lowest BCUT2D eigenvalue weighted by Crippen LogP contribution is -1.95. The molecule has 58 valence electrons. The van der Waals surface area contributed by atoms with E-state index in [1.807, 2.05) is 32.2 Å². The number of anilines is 1. The van der Waals surface area contributed by atoms with Crippen LogP contribution in [-0.2, 0) is 0 Å². The lowest BCUT2D eigenvalue weighted by molar-refractivity contribution is 0.112. The van der Waals surface area contributed by atoms with Crippen molar-refractivity contribution < 1.29 is 4.79 Å². The Morgan fingerprint density at radius 3 is 2.64 bits per heavy atom. The number of rotatable bonds is 2. The summed E-state index contributed by atoms with van der Waals surface area (Å²) in [6.45, 7) is 1.92. The quantitative estimate of drug-likeness (QED) is 0.650. The van der Waals surface area contributed by atoms with Crippen molar-refractivity contribution in [2.75, 3.05) is 12.4 Å². The van der Waals surface area contributed by atoms with E-state index < -0.39 is 0 Å². The molecular weight excluding hydrogens is 138 g/mol. The molecule has 1 aromatic carbocycles. The highest BCUT2D eigenvalue weighted by molar-refractivity contribution is 5.86. The number of benzene rings is 1. The second kappa shape index (κ2) is 3.19. The summed E-state index contributed by atoms with van der Waals surface area (Å²) in [5.41, 5.74) is 2.64. The summed E-state index contributed by atoms with van der Waals surface area (Å²) in [6, 6.07) is 5.73. The van der Waals surface area contributed by atoms with Crippen molar-refractivity contribution in [1.29, 1.82) is 0 Å². The van der Waals surface area contributed by atoms with Crippen LogP contribution >= 0.6 is 0 Å². The van der Waals surface area contributed by atoms with Crippen LogP contribution in [0.4, 0.5) is 5.69 Å². The topological polar surface area (TPSA) is 29.1 Å². The largest absolute Gasteiger partial charge is 0.388 e. The molecule has 0 atom stereocenters. The molecule has 0 saturated carbocycles. The first kappa shape index (κ1) is 7.79. The third-order valence-corrected chi connectivity index (χ3v) is 1.71. The Balaban J connectivity index is 3.24. The molecule has 0 saturated heterocycles. The van der Waals surface area contributed by atoms with Gasteiger partial charge in [0.1, 0.15) is 0 Å². The maximum absolute atomic E-state index is 10.6. The number of aryl methyl sites for hydroxylation is 1. The average Bonchev–Trinajstić information content (AvgIpc) is 2.04. The summed E-state index contributed by atoms with van der Waals surface area (Å²) >= 11 is 0. The zero-order valence-electron chi connectivity index (χ0n) is 6.72.